The van der Waals surface area contributed by atoms with Gasteiger partial charge in [0.2, 0.25) is 5.91 Å². The minimum atomic E-state index is -0.851. The Kier molecular flexibility index (Phi) is 57.0. The van der Waals surface area contributed by atoms with Crippen LogP contribution in [0.2, 0.25) is 0 Å². The highest BCUT2D eigenvalue weighted by atomic mass is 16.5. The van der Waals surface area contributed by atoms with Gasteiger partial charge in [-0.3, -0.25) is 9.59 Å². The second-order valence-electron chi connectivity index (χ2n) is 21.0. The molecule has 0 aromatic carbocycles. The third-order valence-corrected chi connectivity index (χ3v) is 14.2. The average molecular weight is 971 g/mol. The van der Waals surface area contributed by atoms with E-state index in [9.17, 15) is 19.8 Å². The summed E-state index contributed by atoms with van der Waals surface area (Å²) >= 11 is 0. The molecule has 0 aromatic rings. The highest BCUT2D eigenvalue weighted by Crippen LogP contribution is 2.17. The van der Waals surface area contributed by atoms with Gasteiger partial charge in [0.25, 0.3) is 0 Å². The monoisotopic (exact) mass is 970 g/mol. The molecule has 0 fully saturated rings. The van der Waals surface area contributed by atoms with Crippen LogP contribution in [0.1, 0.15) is 328 Å². The fourth-order valence-corrected chi connectivity index (χ4v) is 9.43. The van der Waals surface area contributed by atoms with Crippen LogP contribution in [-0.4, -0.2) is 47.4 Å². The normalized spacial score (nSPS) is 12.8. The molecule has 0 saturated carbocycles. The summed E-state index contributed by atoms with van der Waals surface area (Å²) in [6.07, 6.45) is 73.2. The Bertz CT molecular complexity index is 1120. The van der Waals surface area contributed by atoms with Gasteiger partial charge in [0, 0.05) is 12.8 Å². The second kappa shape index (κ2) is 58.6. The average Bonchev–Trinajstić information content (AvgIpc) is 3.35. The maximum atomic E-state index is 12.4. The van der Waals surface area contributed by atoms with Crippen LogP contribution in [0.5, 0.6) is 0 Å². The number of nitrogens with one attached hydrogen (secondary N) is 1. The first-order chi connectivity index (χ1) is 34.0. The second-order valence-corrected chi connectivity index (χ2v) is 21.0. The van der Waals surface area contributed by atoms with Gasteiger partial charge in [0.05, 0.1) is 25.4 Å². The predicted octanol–water partition coefficient (Wildman–Crippen LogP) is 19.2. The number of esters is 1. The van der Waals surface area contributed by atoms with Gasteiger partial charge in [-0.15, -0.1) is 0 Å². The molecular formula is C63H119NO5. The number of unbranched alkanes of at least 4 members (excludes halogenated alkanes) is 42. The molecule has 2 unspecified atom stereocenters. The Morgan fingerprint density at radius 2 is 0.725 bits per heavy atom. The SMILES string of the molecule is CCCCCCCCCCCCCC/C=C/C(O)C(CO)NC(=O)CCCCCCCCC/C=C\C/C=C\CCCCCCCCCCCOC(=O)CCCCCCCCCCCCCCCCC. The van der Waals surface area contributed by atoms with Crippen molar-refractivity contribution in [1.29, 1.82) is 0 Å². The Morgan fingerprint density at radius 3 is 1.10 bits per heavy atom. The van der Waals surface area contributed by atoms with E-state index in [0.717, 1.165) is 57.8 Å². The number of aliphatic hydroxyl groups excluding tert-OH is 2. The van der Waals surface area contributed by atoms with Crippen molar-refractivity contribution in [3.8, 4) is 0 Å². The summed E-state index contributed by atoms with van der Waals surface area (Å²) in [5.74, 6) is -0.0685. The van der Waals surface area contributed by atoms with Crippen molar-refractivity contribution in [2.45, 2.75) is 341 Å². The summed E-state index contributed by atoms with van der Waals surface area (Å²) in [7, 11) is 0. The molecule has 6 heteroatoms. The molecule has 0 spiro atoms. The molecule has 0 rings (SSSR count). The van der Waals surface area contributed by atoms with Crippen LogP contribution in [0.25, 0.3) is 0 Å². The lowest BCUT2D eigenvalue weighted by Gasteiger charge is -2.20. The minimum absolute atomic E-state index is 0.00936. The summed E-state index contributed by atoms with van der Waals surface area (Å²) < 4.78 is 5.48. The number of amides is 1. The quantitative estimate of drug-likeness (QED) is 0.0321. The zero-order valence-electron chi connectivity index (χ0n) is 46.3. The van der Waals surface area contributed by atoms with Crippen LogP contribution in [-0.2, 0) is 14.3 Å². The predicted molar refractivity (Wildman–Crippen MR) is 301 cm³/mol. The Hall–Kier alpha value is -1.92. The number of aliphatic hydroxyl groups is 2. The van der Waals surface area contributed by atoms with Crippen molar-refractivity contribution in [2.75, 3.05) is 13.2 Å². The van der Waals surface area contributed by atoms with Crippen LogP contribution in [0.15, 0.2) is 36.5 Å². The Balaban J connectivity index is 3.46. The van der Waals surface area contributed by atoms with Crippen LogP contribution < -0.4 is 5.32 Å². The maximum Gasteiger partial charge on any atom is 0.305 e. The Morgan fingerprint density at radius 1 is 0.406 bits per heavy atom. The molecule has 0 aromatic heterocycles. The molecule has 0 bridgehead atoms. The summed E-state index contributed by atoms with van der Waals surface area (Å²) in [4.78, 5) is 24.5. The fourth-order valence-electron chi connectivity index (χ4n) is 9.43. The van der Waals surface area contributed by atoms with E-state index < -0.39 is 12.1 Å². The topological polar surface area (TPSA) is 95.9 Å². The van der Waals surface area contributed by atoms with Crippen molar-refractivity contribution in [3.05, 3.63) is 36.5 Å². The van der Waals surface area contributed by atoms with Crippen LogP contribution in [0.3, 0.4) is 0 Å². The fraction of sp³-hybridized carbons (Fsp3) is 0.873. The zero-order valence-corrected chi connectivity index (χ0v) is 46.3. The standard InChI is InChI=1S/C63H119NO5/c1-3-5-7-9-11-13-15-17-28-33-37-41-45-49-53-57-63(68)69-58-54-50-46-42-38-34-30-27-25-23-21-19-20-22-24-26-29-32-36-40-44-48-52-56-62(67)64-60(59-65)61(66)55-51-47-43-39-35-31-18-16-14-12-10-8-6-4-2/h19,21-22,24,51,55,60-61,65-66H,3-18,20,23,25-50,52-54,56-59H2,1-2H3,(H,64,67)/b21-19-,24-22-,55-51+. The van der Waals surface area contributed by atoms with E-state index in [1.165, 1.54) is 244 Å². The van der Waals surface area contributed by atoms with Gasteiger partial charge < -0.3 is 20.3 Å². The number of hydrogen-bond acceptors (Lipinski definition) is 5. The van der Waals surface area contributed by atoms with E-state index in [4.69, 9.17) is 4.74 Å². The van der Waals surface area contributed by atoms with Gasteiger partial charge in [0.15, 0.2) is 0 Å². The van der Waals surface area contributed by atoms with Crippen LogP contribution in [0, 0.1) is 0 Å². The number of carbonyl (C=O) groups excluding carboxylic acids is 2. The summed E-state index contributed by atoms with van der Waals surface area (Å²) in [5, 5.41) is 23.1. The smallest absolute Gasteiger partial charge is 0.305 e. The van der Waals surface area contributed by atoms with E-state index in [0.29, 0.717) is 19.4 Å². The molecular weight excluding hydrogens is 851 g/mol. The van der Waals surface area contributed by atoms with Crippen LogP contribution in [0.4, 0.5) is 0 Å². The summed E-state index contributed by atoms with van der Waals surface area (Å²) in [5.41, 5.74) is 0. The van der Waals surface area contributed by atoms with Crippen molar-refractivity contribution in [3.63, 3.8) is 0 Å². The molecule has 3 N–H and O–H groups in total. The third-order valence-electron chi connectivity index (χ3n) is 14.2. The van der Waals surface area contributed by atoms with Gasteiger partial charge in [-0.25, -0.2) is 0 Å². The molecule has 0 saturated heterocycles. The summed E-state index contributed by atoms with van der Waals surface area (Å²) in [6, 6.07) is -0.635. The molecule has 406 valence electrons. The third kappa shape index (κ3) is 55.2. The van der Waals surface area contributed by atoms with Crippen LogP contribution >= 0.6 is 0 Å². The molecule has 0 radical (unpaired) electrons. The molecule has 0 aliphatic heterocycles. The first kappa shape index (κ1) is 67.1. The highest BCUT2D eigenvalue weighted by Gasteiger charge is 2.18. The molecule has 69 heavy (non-hydrogen) atoms. The number of allylic oxidation sites excluding steroid dienone is 5. The molecule has 0 aliphatic rings. The van der Waals surface area contributed by atoms with Gasteiger partial charge in [-0.1, -0.05) is 288 Å². The maximum absolute atomic E-state index is 12.4. The number of hydrogen-bond donors (Lipinski definition) is 3. The molecule has 6 nitrogen and oxygen atoms in total. The molecule has 2 atom stereocenters. The summed E-state index contributed by atoms with van der Waals surface area (Å²) in [6.45, 7) is 4.91. The van der Waals surface area contributed by atoms with Gasteiger partial charge >= 0.3 is 5.97 Å². The van der Waals surface area contributed by atoms with Crippen molar-refractivity contribution in [2.24, 2.45) is 0 Å². The van der Waals surface area contributed by atoms with Crippen molar-refractivity contribution >= 4 is 11.9 Å². The van der Waals surface area contributed by atoms with E-state index in [1.54, 1.807) is 6.08 Å². The first-order valence-corrected chi connectivity index (χ1v) is 30.8. The largest absolute Gasteiger partial charge is 0.466 e. The van der Waals surface area contributed by atoms with Gasteiger partial charge in [-0.2, -0.15) is 0 Å². The van der Waals surface area contributed by atoms with E-state index >= 15 is 0 Å². The lowest BCUT2D eigenvalue weighted by atomic mass is 10.0. The number of ether oxygens (including phenoxy) is 1. The lowest BCUT2D eigenvalue weighted by molar-refractivity contribution is -0.143. The first-order valence-electron chi connectivity index (χ1n) is 30.8. The lowest BCUT2D eigenvalue weighted by Crippen LogP contribution is -2.45. The van der Waals surface area contributed by atoms with Crippen molar-refractivity contribution < 1.29 is 24.5 Å². The molecule has 0 aliphatic carbocycles. The highest BCUT2D eigenvalue weighted by molar-refractivity contribution is 5.76. The minimum Gasteiger partial charge on any atom is -0.466 e. The van der Waals surface area contributed by atoms with E-state index in [-0.39, 0.29) is 18.5 Å². The van der Waals surface area contributed by atoms with Crippen molar-refractivity contribution in [1.82, 2.24) is 5.32 Å². The molecule has 0 heterocycles. The zero-order chi connectivity index (χ0) is 50.0. The number of rotatable bonds is 57. The molecule has 1 amide bonds. The van der Waals surface area contributed by atoms with E-state index in [1.807, 2.05) is 6.08 Å². The van der Waals surface area contributed by atoms with Gasteiger partial charge in [0.1, 0.15) is 0 Å². The Labute approximate surface area is 430 Å². The van der Waals surface area contributed by atoms with E-state index in [2.05, 4.69) is 43.5 Å². The van der Waals surface area contributed by atoms with Gasteiger partial charge in [-0.05, 0) is 64.2 Å². The number of carbonyl (C=O) groups is 2.